The van der Waals surface area contributed by atoms with Gasteiger partial charge in [-0.3, -0.25) is 14.5 Å². The molecule has 0 radical (unpaired) electrons. The molecule has 1 saturated heterocycles. The number of aldehydes is 1. The molecule has 1 unspecified atom stereocenters. The first-order chi connectivity index (χ1) is 7.16. The zero-order valence-corrected chi connectivity index (χ0v) is 9.07. The SMILES string of the molecule is CC1CC(=O)N(CCCCCC=O)C1=O. The fourth-order valence-corrected chi connectivity index (χ4v) is 1.76. The molecule has 0 aromatic rings. The Kier molecular flexibility index (Phi) is 4.46. The molecule has 0 aromatic heterocycles. The van der Waals surface area contributed by atoms with E-state index >= 15 is 0 Å². The summed E-state index contributed by atoms with van der Waals surface area (Å²) in [4.78, 5) is 34.3. The van der Waals surface area contributed by atoms with Gasteiger partial charge in [0.25, 0.3) is 0 Å². The Bertz CT molecular complexity index is 263. The van der Waals surface area contributed by atoms with E-state index in [1.807, 2.05) is 0 Å². The first-order valence-corrected chi connectivity index (χ1v) is 5.44. The molecule has 0 N–H and O–H groups in total. The maximum Gasteiger partial charge on any atom is 0.232 e. The van der Waals surface area contributed by atoms with Crippen molar-refractivity contribution in [3.8, 4) is 0 Å². The van der Waals surface area contributed by atoms with Crippen LogP contribution in [0.4, 0.5) is 0 Å². The zero-order valence-electron chi connectivity index (χ0n) is 9.07. The van der Waals surface area contributed by atoms with Crippen LogP contribution in [0.15, 0.2) is 0 Å². The quantitative estimate of drug-likeness (QED) is 0.376. The van der Waals surface area contributed by atoms with E-state index in [9.17, 15) is 14.4 Å². The van der Waals surface area contributed by atoms with Crippen molar-refractivity contribution in [3.63, 3.8) is 0 Å². The highest BCUT2D eigenvalue weighted by molar-refractivity contribution is 6.03. The fourth-order valence-electron chi connectivity index (χ4n) is 1.76. The van der Waals surface area contributed by atoms with Crippen molar-refractivity contribution in [2.75, 3.05) is 6.54 Å². The minimum Gasteiger partial charge on any atom is -0.303 e. The highest BCUT2D eigenvalue weighted by atomic mass is 16.2. The minimum atomic E-state index is -0.146. The lowest BCUT2D eigenvalue weighted by Crippen LogP contribution is -2.31. The molecule has 1 aliphatic rings. The van der Waals surface area contributed by atoms with Gasteiger partial charge in [0, 0.05) is 25.3 Å². The number of nitrogens with zero attached hydrogens (tertiary/aromatic N) is 1. The molecule has 2 amide bonds. The topological polar surface area (TPSA) is 54.5 Å². The van der Waals surface area contributed by atoms with Crippen molar-refractivity contribution in [1.29, 1.82) is 0 Å². The molecule has 1 atom stereocenters. The van der Waals surface area contributed by atoms with Crippen LogP contribution in [0.5, 0.6) is 0 Å². The molecule has 4 nitrogen and oxygen atoms in total. The van der Waals surface area contributed by atoms with E-state index in [4.69, 9.17) is 0 Å². The average molecular weight is 211 g/mol. The second kappa shape index (κ2) is 5.63. The Morgan fingerprint density at radius 2 is 2.07 bits per heavy atom. The number of imide groups is 1. The molecule has 0 saturated carbocycles. The highest BCUT2D eigenvalue weighted by Crippen LogP contribution is 2.19. The molecule has 0 bridgehead atoms. The normalized spacial score (nSPS) is 21.1. The standard InChI is InChI=1S/C11H17NO3/c1-9-8-10(14)12(11(9)15)6-4-2-3-5-7-13/h7,9H,2-6,8H2,1H3. The molecule has 1 rings (SSSR count). The minimum absolute atomic E-state index is 0.0459. The molecule has 0 spiro atoms. The third kappa shape index (κ3) is 3.15. The van der Waals surface area contributed by atoms with Gasteiger partial charge in [0.1, 0.15) is 6.29 Å². The largest absolute Gasteiger partial charge is 0.303 e. The Hall–Kier alpha value is -1.19. The van der Waals surface area contributed by atoms with Crippen molar-refractivity contribution in [1.82, 2.24) is 4.90 Å². The third-order valence-electron chi connectivity index (χ3n) is 2.67. The Morgan fingerprint density at radius 3 is 2.60 bits per heavy atom. The number of hydrogen-bond donors (Lipinski definition) is 0. The van der Waals surface area contributed by atoms with E-state index < -0.39 is 0 Å². The van der Waals surface area contributed by atoms with Crippen molar-refractivity contribution in [3.05, 3.63) is 0 Å². The van der Waals surface area contributed by atoms with Crippen molar-refractivity contribution < 1.29 is 14.4 Å². The van der Waals surface area contributed by atoms with Gasteiger partial charge in [-0.05, 0) is 12.8 Å². The number of rotatable bonds is 6. The molecule has 0 aliphatic carbocycles. The van der Waals surface area contributed by atoms with E-state index in [-0.39, 0.29) is 17.7 Å². The number of unbranched alkanes of at least 4 members (excludes halogenated alkanes) is 3. The summed E-state index contributed by atoms with van der Waals surface area (Å²) in [5.74, 6) is -0.245. The van der Waals surface area contributed by atoms with Crippen LogP contribution in [0.1, 0.15) is 39.0 Å². The van der Waals surface area contributed by atoms with Crippen LogP contribution in [-0.4, -0.2) is 29.5 Å². The van der Waals surface area contributed by atoms with Crippen molar-refractivity contribution >= 4 is 18.1 Å². The van der Waals surface area contributed by atoms with Gasteiger partial charge in [-0.15, -0.1) is 0 Å². The van der Waals surface area contributed by atoms with Crippen LogP contribution >= 0.6 is 0 Å². The fraction of sp³-hybridized carbons (Fsp3) is 0.727. The van der Waals surface area contributed by atoms with Crippen LogP contribution in [-0.2, 0) is 14.4 Å². The second-order valence-electron chi connectivity index (χ2n) is 4.00. The summed E-state index contributed by atoms with van der Waals surface area (Å²) in [7, 11) is 0. The lowest BCUT2D eigenvalue weighted by atomic mass is 10.1. The van der Waals surface area contributed by atoms with Gasteiger partial charge in [0.2, 0.25) is 11.8 Å². The molecule has 15 heavy (non-hydrogen) atoms. The van der Waals surface area contributed by atoms with Crippen molar-refractivity contribution in [2.45, 2.75) is 39.0 Å². The summed E-state index contributed by atoms with van der Waals surface area (Å²) in [5, 5.41) is 0. The Morgan fingerprint density at radius 1 is 1.33 bits per heavy atom. The van der Waals surface area contributed by atoms with Gasteiger partial charge in [-0.2, -0.15) is 0 Å². The van der Waals surface area contributed by atoms with Crippen molar-refractivity contribution in [2.24, 2.45) is 5.92 Å². The molecular formula is C11H17NO3. The van der Waals surface area contributed by atoms with Gasteiger partial charge in [-0.25, -0.2) is 0 Å². The third-order valence-corrected chi connectivity index (χ3v) is 2.67. The van der Waals surface area contributed by atoms with E-state index in [1.165, 1.54) is 4.90 Å². The molecule has 84 valence electrons. The van der Waals surface area contributed by atoms with E-state index in [0.29, 0.717) is 19.4 Å². The first kappa shape index (κ1) is 11.9. The van der Waals surface area contributed by atoms with E-state index in [1.54, 1.807) is 6.92 Å². The maximum absolute atomic E-state index is 11.5. The second-order valence-corrected chi connectivity index (χ2v) is 4.00. The number of carbonyl (C=O) groups is 3. The monoisotopic (exact) mass is 211 g/mol. The summed E-state index contributed by atoms with van der Waals surface area (Å²) in [6, 6.07) is 0. The van der Waals surface area contributed by atoms with Crippen LogP contribution in [0.3, 0.4) is 0 Å². The van der Waals surface area contributed by atoms with E-state index in [0.717, 1.165) is 25.5 Å². The number of carbonyl (C=O) groups excluding carboxylic acids is 3. The van der Waals surface area contributed by atoms with E-state index in [2.05, 4.69) is 0 Å². The summed E-state index contributed by atoms with van der Waals surface area (Å²) in [6.07, 6.45) is 4.36. The van der Waals surface area contributed by atoms with Gasteiger partial charge in [-0.1, -0.05) is 13.3 Å². The lowest BCUT2D eigenvalue weighted by molar-refractivity contribution is -0.139. The summed E-state index contributed by atoms with van der Waals surface area (Å²) >= 11 is 0. The van der Waals surface area contributed by atoms with Gasteiger partial charge >= 0.3 is 0 Å². The van der Waals surface area contributed by atoms with Gasteiger partial charge < -0.3 is 4.79 Å². The van der Waals surface area contributed by atoms with Gasteiger partial charge in [0.05, 0.1) is 0 Å². The number of hydrogen-bond acceptors (Lipinski definition) is 3. The molecule has 4 heteroatoms. The average Bonchev–Trinajstić information content (AvgIpc) is 2.44. The summed E-state index contributed by atoms with van der Waals surface area (Å²) in [6.45, 7) is 2.30. The summed E-state index contributed by atoms with van der Waals surface area (Å²) in [5.41, 5.74) is 0. The zero-order chi connectivity index (χ0) is 11.3. The molecule has 0 aromatic carbocycles. The Balaban J connectivity index is 2.23. The van der Waals surface area contributed by atoms with Crippen LogP contribution < -0.4 is 0 Å². The van der Waals surface area contributed by atoms with Crippen LogP contribution in [0, 0.1) is 5.92 Å². The molecule has 1 heterocycles. The molecular weight excluding hydrogens is 194 g/mol. The molecule has 1 fully saturated rings. The van der Waals surface area contributed by atoms with Crippen LogP contribution in [0.2, 0.25) is 0 Å². The maximum atomic E-state index is 11.5. The Labute approximate surface area is 89.6 Å². The number of likely N-dealkylation sites (tertiary alicyclic amines) is 1. The van der Waals surface area contributed by atoms with Crippen LogP contribution in [0.25, 0.3) is 0 Å². The lowest BCUT2D eigenvalue weighted by Gasteiger charge is -2.13. The molecule has 1 aliphatic heterocycles. The summed E-state index contributed by atoms with van der Waals surface area (Å²) < 4.78 is 0. The predicted octanol–water partition coefficient (Wildman–Crippen LogP) is 1.14. The number of amides is 2. The van der Waals surface area contributed by atoms with Gasteiger partial charge in [0.15, 0.2) is 0 Å². The predicted molar refractivity (Wildman–Crippen MR) is 55.0 cm³/mol. The highest BCUT2D eigenvalue weighted by Gasteiger charge is 2.34. The smallest absolute Gasteiger partial charge is 0.232 e. The first-order valence-electron chi connectivity index (χ1n) is 5.44.